The van der Waals surface area contributed by atoms with Gasteiger partial charge in [0.2, 0.25) is 5.91 Å². The van der Waals surface area contributed by atoms with Gasteiger partial charge in [-0.1, -0.05) is 27.7 Å². The first-order chi connectivity index (χ1) is 7.32. The number of carbonyl (C=O) groups excluding carboxylic acids is 1. The van der Waals surface area contributed by atoms with Crippen LogP contribution in [-0.4, -0.2) is 18.0 Å². The predicted octanol–water partition coefficient (Wildman–Crippen LogP) is 2.05. The Morgan fingerprint density at radius 1 is 1.31 bits per heavy atom. The third kappa shape index (κ3) is 3.78. The highest BCUT2D eigenvalue weighted by molar-refractivity contribution is 5.82. The fourth-order valence-corrected chi connectivity index (χ4v) is 2.14. The van der Waals surface area contributed by atoms with Crippen molar-refractivity contribution in [2.75, 3.05) is 0 Å². The predicted molar refractivity (Wildman–Crippen MR) is 67.0 cm³/mol. The Morgan fingerprint density at radius 2 is 1.81 bits per heavy atom. The van der Waals surface area contributed by atoms with Crippen LogP contribution in [0.5, 0.6) is 0 Å². The van der Waals surface area contributed by atoms with Gasteiger partial charge < -0.3 is 11.1 Å². The Bertz CT molecular complexity index is 238. The van der Waals surface area contributed by atoms with E-state index in [4.69, 9.17) is 5.73 Å². The summed E-state index contributed by atoms with van der Waals surface area (Å²) in [7, 11) is 0. The first-order valence-corrected chi connectivity index (χ1v) is 6.38. The molecule has 0 saturated heterocycles. The lowest BCUT2D eigenvalue weighted by atomic mass is 9.75. The highest BCUT2D eigenvalue weighted by Gasteiger charge is 2.28. The molecule has 16 heavy (non-hydrogen) atoms. The molecule has 1 rings (SSSR count). The monoisotopic (exact) mass is 226 g/mol. The minimum Gasteiger partial charge on any atom is -0.352 e. The van der Waals surface area contributed by atoms with Gasteiger partial charge in [-0.2, -0.15) is 0 Å². The molecule has 3 heteroatoms. The van der Waals surface area contributed by atoms with Crippen molar-refractivity contribution >= 4 is 5.91 Å². The Balaban J connectivity index is 2.37. The molecule has 94 valence electrons. The van der Waals surface area contributed by atoms with Gasteiger partial charge in [-0.3, -0.25) is 4.79 Å². The van der Waals surface area contributed by atoms with Gasteiger partial charge in [-0.25, -0.2) is 0 Å². The minimum atomic E-state index is -0.366. The van der Waals surface area contributed by atoms with Crippen molar-refractivity contribution in [3.05, 3.63) is 0 Å². The average Bonchev–Trinajstić information content (AvgIpc) is 2.19. The van der Waals surface area contributed by atoms with Gasteiger partial charge in [0.05, 0.1) is 6.04 Å². The van der Waals surface area contributed by atoms with Gasteiger partial charge in [0.15, 0.2) is 0 Å². The summed E-state index contributed by atoms with van der Waals surface area (Å²) in [5.74, 6) is 0.222. The highest BCUT2D eigenvalue weighted by Crippen LogP contribution is 2.34. The number of amides is 1. The van der Waals surface area contributed by atoms with Gasteiger partial charge >= 0.3 is 0 Å². The van der Waals surface area contributed by atoms with Crippen LogP contribution in [0, 0.1) is 11.3 Å². The van der Waals surface area contributed by atoms with E-state index < -0.39 is 0 Å². The van der Waals surface area contributed by atoms with E-state index in [1.807, 2.05) is 13.8 Å². The molecule has 1 saturated carbocycles. The number of nitrogens with one attached hydrogen (secondary N) is 1. The van der Waals surface area contributed by atoms with E-state index in [9.17, 15) is 4.79 Å². The number of nitrogens with two attached hydrogens (primary N) is 1. The number of hydrogen-bond acceptors (Lipinski definition) is 2. The fourth-order valence-electron chi connectivity index (χ4n) is 2.14. The SMILES string of the molecule is CC(C)[C@H](N)C(=O)NC1CCC(C)(C)CC1. The molecular weight excluding hydrogens is 200 g/mol. The molecule has 3 nitrogen and oxygen atoms in total. The third-order valence-electron chi connectivity index (χ3n) is 3.71. The van der Waals surface area contributed by atoms with Crippen molar-refractivity contribution in [3.63, 3.8) is 0 Å². The molecule has 0 aliphatic heterocycles. The van der Waals surface area contributed by atoms with Crippen molar-refractivity contribution in [2.24, 2.45) is 17.1 Å². The summed E-state index contributed by atoms with van der Waals surface area (Å²) in [5.41, 5.74) is 6.26. The van der Waals surface area contributed by atoms with Crippen LogP contribution in [0.25, 0.3) is 0 Å². The molecule has 0 heterocycles. The average molecular weight is 226 g/mol. The van der Waals surface area contributed by atoms with Gasteiger partial charge in [-0.05, 0) is 37.0 Å². The van der Waals surface area contributed by atoms with Crippen molar-refractivity contribution < 1.29 is 4.79 Å². The second-order valence-corrected chi connectivity index (χ2v) is 6.22. The summed E-state index contributed by atoms with van der Waals surface area (Å²) in [6.45, 7) is 8.55. The molecule has 1 atom stereocenters. The molecule has 1 fully saturated rings. The van der Waals surface area contributed by atoms with E-state index in [1.54, 1.807) is 0 Å². The second kappa shape index (κ2) is 5.17. The fraction of sp³-hybridized carbons (Fsp3) is 0.923. The van der Waals surface area contributed by atoms with Crippen LogP contribution in [0.2, 0.25) is 0 Å². The zero-order valence-corrected chi connectivity index (χ0v) is 11.0. The lowest BCUT2D eigenvalue weighted by molar-refractivity contribution is -0.124. The summed E-state index contributed by atoms with van der Waals surface area (Å²) in [6, 6.07) is -0.0275. The Morgan fingerprint density at radius 3 is 2.25 bits per heavy atom. The summed E-state index contributed by atoms with van der Waals surface area (Å²) in [6.07, 6.45) is 4.55. The van der Waals surface area contributed by atoms with Crippen molar-refractivity contribution in [2.45, 2.75) is 65.5 Å². The maximum atomic E-state index is 11.8. The molecule has 1 aliphatic rings. The highest BCUT2D eigenvalue weighted by atomic mass is 16.2. The van der Waals surface area contributed by atoms with E-state index in [-0.39, 0.29) is 17.9 Å². The summed E-state index contributed by atoms with van der Waals surface area (Å²) in [4.78, 5) is 11.8. The first kappa shape index (κ1) is 13.5. The largest absolute Gasteiger partial charge is 0.352 e. The molecule has 0 unspecified atom stereocenters. The van der Waals surface area contributed by atoms with Gasteiger partial charge in [0, 0.05) is 6.04 Å². The normalized spacial score (nSPS) is 23.1. The second-order valence-electron chi connectivity index (χ2n) is 6.22. The van der Waals surface area contributed by atoms with Crippen molar-refractivity contribution in [3.8, 4) is 0 Å². The topological polar surface area (TPSA) is 55.1 Å². The minimum absolute atomic E-state index is 0.0136. The van der Waals surface area contributed by atoms with Crippen molar-refractivity contribution in [1.29, 1.82) is 0 Å². The summed E-state index contributed by atoms with van der Waals surface area (Å²) < 4.78 is 0. The van der Waals surface area contributed by atoms with Crippen LogP contribution in [-0.2, 0) is 4.79 Å². The van der Waals surface area contributed by atoms with Crippen molar-refractivity contribution in [1.82, 2.24) is 5.32 Å². The van der Waals surface area contributed by atoms with Crippen LogP contribution in [0.4, 0.5) is 0 Å². The maximum absolute atomic E-state index is 11.8. The van der Waals surface area contributed by atoms with E-state index in [1.165, 1.54) is 12.8 Å². The van der Waals surface area contributed by atoms with E-state index in [0.29, 0.717) is 11.5 Å². The molecule has 0 aromatic carbocycles. The van der Waals surface area contributed by atoms with Gasteiger partial charge in [0.25, 0.3) is 0 Å². The summed E-state index contributed by atoms with van der Waals surface area (Å²) in [5, 5.41) is 3.07. The zero-order chi connectivity index (χ0) is 12.3. The molecule has 0 aromatic heterocycles. The van der Waals surface area contributed by atoms with E-state index in [2.05, 4.69) is 19.2 Å². The Labute approximate surface area is 99.2 Å². The molecule has 0 aromatic rings. The van der Waals surface area contributed by atoms with Gasteiger partial charge in [-0.15, -0.1) is 0 Å². The molecule has 1 aliphatic carbocycles. The lowest BCUT2D eigenvalue weighted by Gasteiger charge is -2.35. The van der Waals surface area contributed by atoms with Crippen LogP contribution in [0.1, 0.15) is 53.4 Å². The zero-order valence-electron chi connectivity index (χ0n) is 11.0. The Hall–Kier alpha value is -0.570. The van der Waals surface area contributed by atoms with Crippen LogP contribution in [0.15, 0.2) is 0 Å². The van der Waals surface area contributed by atoms with Crippen LogP contribution >= 0.6 is 0 Å². The van der Waals surface area contributed by atoms with E-state index in [0.717, 1.165) is 12.8 Å². The molecule has 0 bridgehead atoms. The first-order valence-electron chi connectivity index (χ1n) is 6.38. The Kier molecular flexibility index (Phi) is 4.36. The van der Waals surface area contributed by atoms with Crippen LogP contribution in [0.3, 0.4) is 0 Å². The molecule has 1 amide bonds. The molecular formula is C13H26N2O. The molecule has 0 spiro atoms. The van der Waals surface area contributed by atoms with E-state index >= 15 is 0 Å². The number of hydrogen-bond donors (Lipinski definition) is 2. The van der Waals surface area contributed by atoms with Crippen LogP contribution < -0.4 is 11.1 Å². The third-order valence-corrected chi connectivity index (χ3v) is 3.71. The molecule has 3 N–H and O–H groups in total. The lowest BCUT2D eigenvalue weighted by Crippen LogP contribution is -2.49. The standard InChI is InChI=1S/C13H26N2O/c1-9(2)11(14)12(16)15-10-5-7-13(3,4)8-6-10/h9-11H,5-8,14H2,1-4H3,(H,15,16)/t11-/m0/s1. The quantitative estimate of drug-likeness (QED) is 0.774. The smallest absolute Gasteiger partial charge is 0.237 e. The number of rotatable bonds is 3. The number of carbonyl (C=O) groups is 1. The van der Waals surface area contributed by atoms with Gasteiger partial charge in [0.1, 0.15) is 0 Å². The summed E-state index contributed by atoms with van der Waals surface area (Å²) >= 11 is 0. The molecule has 0 radical (unpaired) electrons. The maximum Gasteiger partial charge on any atom is 0.237 e.